The van der Waals surface area contributed by atoms with Crippen molar-refractivity contribution in [2.75, 3.05) is 6.67 Å². The number of hydrogen-bond acceptors (Lipinski definition) is 3. The lowest BCUT2D eigenvalue weighted by atomic mass is 10.1. The molecule has 17 heavy (non-hydrogen) atoms. The highest BCUT2D eigenvalue weighted by Crippen LogP contribution is 2.36. The summed E-state index contributed by atoms with van der Waals surface area (Å²) >= 11 is 0. The molecule has 0 aromatic heterocycles. The molecule has 1 fully saturated rings. The molecule has 1 rings (SSSR count). The van der Waals surface area contributed by atoms with E-state index in [1.165, 1.54) is 0 Å². The minimum Gasteiger partial charge on any atom is -0.444 e. The Kier molecular flexibility index (Phi) is 4.36. The molecule has 0 radical (unpaired) electrons. The molecule has 3 N–H and O–H groups in total. The maximum absolute atomic E-state index is 12.7. The van der Waals surface area contributed by atoms with Gasteiger partial charge in [0.25, 0.3) is 0 Å². The predicted octanol–water partition coefficient (Wildman–Crippen LogP) is 2.12. The molecule has 1 atom stereocenters. The number of rotatable bonds is 5. The minimum absolute atomic E-state index is 0.108. The van der Waals surface area contributed by atoms with E-state index in [1.54, 1.807) is 20.8 Å². The first-order valence-electron chi connectivity index (χ1n) is 6.08. The fraction of sp³-hybridized carbons (Fsp3) is 0.917. The normalized spacial score (nSPS) is 19.6. The van der Waals surface area contributed by atoms with Crippen molar-refractivity contribution in [1.29, 1.82) is 0 Å². The third-order valence-corrected chi connectivity index (χ3v) is 2.79. The molecule has 1 aliphatic carbocycles. The van der Waals surface area contributed by atoms with Crippen molar-refractivity contribution in [3.05, 3.63) is 0 Å². The molecule has 4 nitrogen and oxygen atoms in total. The van der Waals surface area contributed by atoms with E-state index in [0.29, 0.717) is 6.42 Å². The average molecular weight is 246 g/mol. The van der Waals surface area contributed by atoms with Gasteiger partial charge in [-0.25, -0.2) is 9.18 Å². The molecule has 0 heterocycles. The fourth-order valence-electron chi connectivity index (χ4n) is 1.53. The van der Waals surface area contributed by atoms with E-state index in [0.717, 1.165) is 19.3 Å². The monoisotopic (exact) mass is 246 g/mol. The molecule has 0 aromatic rings. The standard InChI is InChI=1S/C12H23FN2O2/c1-11(2,3)17-10(16)15-9(8-13)4-5-12(14)6-7-12/h9H,4-8,14H2,1-3H3,(H,15,16). The van der Waals surface area contributed by atoms with Crippen LogP contribution in [0.25, 0.3) is 0 Å². The van der Waals surface area contributed by atoms with Crippen LogP contribution in [0, 0.1) is 0 Å². The van der Waals surface area contributed by atoms with Gasteiger partial charge in [0.2, 0.25) is 0 Å². The number of ether oxygens (including phenoxy) is 1. The van der Waals surface area contributed by atoms with Crippen molar-refractivity contribution in [3.63, 3.8) is 0 Å². The SMILES string of the molecule is CC(C)(C)OC(=O)NC(CF)CCC1(N)CC1. The Balaban J connectivity index is 2.28. The Morgan fingerprint density at radius 3 is 2.53 bits per heavy atom. The van der Waals surface area contributed by atoms with E-state index in [9.17, 15) is 9.18 Å². The average Bonchev–Trinajstić information content (AvgIpc) is 2.89. The van der Waals surface area contributed by atoms with Gasteiger partial charge < -0.3 is 15.8 Å². The Hall–Kier alpha value is -0.840. The van der Waals surface area contributed by atoms with Gasteiger partial charge in [0.05, 0.1) is 6.04 Å². The van der Waals surface area contributed by atoms with Crippen molar-refractivity contribution in [2.45, 2.75) is 63.6 Å². The van der Waals surface area contributed by atoms with Crippen LogP contribution in [-0.4, -0.2) is 29.9 Å². The number of halogens is 1. The quantitative estimate of drug-likeness (QED) is 0.781. The number of alkyl halides is 1. The number of nitrogens with two attached hydrogens (primary N) is 1. The summed E-state index contributed by atoms with van der Waals surface area (Å²) < 4.78 is 17.8. The molecule has 0 bridgehead atoms. The van der Waals surface area contributed by atoms with Gasteiger partial charge >= 0.3 is 6.09 Å². The first-order valence-corrected chi connectivity index (χ1v) is 6.08. The molecular formula is C12H23FN2O2. The van der Waals surface area contributed by atoms with Crippen LogP contribution in [-0.2, 0) is 4.74 Å². The summed E-state index contributed by atoms with van der Waals surface area (Å²) in [4.78, 5) is 11.4. The molecule has 1 saturated carbocycles. The molecule has 100 valence electrons. The second-order valence-corrected chi connectivity index (χ2v) is 5.90. The lowest BCUT2D eigenvalue weighted by Crippen LogP contribution is -2.41. The topological polar surface area (TPSA) is 64.3 Å². The van der Waals surface area contributed by atoms with Crippen molar-refractivity contribution in [2.24, 2.45) is 5.73 Å². The maximum Gasteiger partial charge on any atom is 0.407 e. The zero-order valence-corrected chi connectivity index (χ0v) is 10.9. The molecule has 1 unspecified atom stereocenters. The molecule has 0 aromatic carbocycles. The summed E-state index contributed by atoms with van der Waals surface area (Å²) in [5.41, 5.74) is 5.25. The van der Waals surface area contributed by atoms with Gasteiger partial charge in [-0.3, -0.25) is 0 Å². The van der Waals surface area contributed by atoms with Crippen LogP contribution in [0.4, 0.5) is 9.18 Å². The number of hydrogen-bond donors (Lipinski definition) is 2. The number of carbonyl (C=O) groups is 1. The summed E-state index contributed by atoms with van der Waals surface area (Å²) in [6.07, 6.45) is 2.74. The van der Waals surface area contributed by atoms with Gasteiger partial charge in [0.15, 0.2) is 0 Å². The molecule has 1 amide bonds. The van der Waals surface area contributed by atoms with Crippen LogP contribution < -0.4 is 11.1 Å². The van der Waals surface area contributed by atoms with E-state index >= 15 is 0 Å². The summed E-state index contributed by atoms with van der Waals surface area (Å²) in [7, 11) is 0. The highest BCUT2D eigenvalue weighted by molar-refractivity contribution is 5.68. The van der Waals surface area contributed by atoms with Crippen LogP contribution in [0.5, 0.6) is 0 Å². The van der Waals surface area contributed by atoms with Gasteiger partial charge in [0, 0.05) is 5.54 Å². The van der Waals surface area contributed by atoms with Gasteiger partial charge in [-0.1, -0.05) is 0 Å². The van der Waals surface area contributed by atoms with Crippen molar-refractivity contribution in [1.82, 2.24) is 5.32 Å². The smallest absolute Gasteiger partial charge is 0.407 e. The number of amides is 1. The second-order valence-electron chi connectivity index (χ2n) is 5.90. The molecular weight excluding hydrogens is 223 g/mol. The van der Waals surface area contributed by atoms with Crippen molar-refractivity contribution >= 4 is 6.09 Å². The fourth-order valence-corrected chi connectivity index (χ4v) is 1.53. The largest absolute Gasteiger partial charge is 0.444 e. The lowest BCUT2D eigenvalue weighted by molar-refractivity contribution is 0.0492. The van der Waals surface area contributed by atoms with Gasteiger partial charge in [-0.05, 0) is 46.5 Å². The zero-order chi connectivity index (χ0) is 13.1. The molecule has 1 aliphatic rings. The van der Waals surface area contributed by atoms with Crippen molar-refractivity contribution < 1.29 is 13.9 Å². The first-order chi connectivity index (χ1) is 7.74. The summed E-state index contributed by atoms with van der Waals surface area (Å²) in [5.74, 6) is 0. The van der Waals surface area contributed by atoms with Crippen LogP contribution in [0.1, 0.15) is 46.5 Å². The first kappa shape index (κ1) is 14.2. The van der Waals surface area contributed by atoms with Gasteiger partial charge in [-0.15, -0.1) is 0 Å². The van der Waals surface area contributed by atoms with Gasteiger partial charge in [-0.2, -0.15) is 0 Å². The lowest BCUT2D eigenvalue weighted by Gasteiger charge is -2.23. The van der Waals surface area contributed by atoms with E-state index in [-0.39, 0.29) is 5.54 Å². The molecule has 0 saturated heterocycles. The summed E-state index contributed by atoms with van der Waals surface area (Å²) in [5, 5.41) is 2.53. The Morgan fingerprint density at radius 2 is 2.12 bits per heavy atom. The van der Waals surface area contributed by atoms with E-state index in [1.807, 2.05) is 0 Å². The van der Waals surface area contributed by atoms with E-state index in [4.69, 9.17) is 10.5 Å². The number of carbonyl (C=O) groups excluding carboxylic acids is 1. The van der Waals surface area contributed by atoms with Crippen LogP contribution in [0.2, 0.25) is 0 Å². The summed E-state index contributed by atoms with van der Waals surface area (Å²) in [6, 6.07) is -0.495. The molecule has 0 spiro atoms. The second kappa shape index (κ2) is 5.21. The predicted molar refractivity (Wildman–Crippen MR) is 64.5 cm³/mol. The Morgan fingerprint density at radius 1 is 1.53 bits per heavy atom. The highest BCUT2D eigenvalue weighted by Gasteiger charge is 2.38. The van der Waals surface area contributed by atoms with E-state index < -0.39 is 24.4 Å². The molecule has 5 heteroatoms. The third kappa shape index (κ3) is 5.86. The Bertz CT molecular complexity index is 272. The van der Waals surface area contributed by atoms with Crippen LogP contribution >= 0.6 is 0 Å². The van der Waals surface area contributed by atoms with E-state index in [2.05, 4.69) is 5.32 Å². The summed E-state index contributed by atoms with van der Waals surface area (Å²) in [6.45, 7) is 4.73. The van der Waals surface area contributed by atoms with Crippen LogP contribution in [0.3, 0.4) is 0 Å². The third-order valence-electron chi connectivity index (χ3n) is 2.79. The number of alkyl carbamates (subject to hydrolysis) is 1. The zero-order valence-electron chi connectivity index (χ0n) is 10.9. The maximum atomic E-state index is 12.7. The van der Waals surface area contributed by atoms with Gasteiger partial charge in [0.1, 0.15) is 12.3 Å². The highest BCUT2D eigenvalue weighted by atomic mass is 19.1. The number of nitrogens with one attached hydrogen (secondary N) is 1. The van der Waals surface area contributed by atoms with Crippen molar-refractivity contribution in [3.8, 4) is 0 Å². The molecule has 0 aliphatic heterocycles. The van der Waals surface area contributed by atoms with Crippen LogP contribution in [0.15, 0.2) is 0 Å². The minimum atomic E-state index is -0.588. The Labute approximate surface area is 102 Å².